The molecule has 5 nitrogen and oxygen atoms in total. The van der Waals surface area contributed by atoms with Crippen LogP contribution in [0.3, 0.4) is 0 Å². The van der Waals surface area contributed by atoms with Gasteiger partial charge in [0.15, 0.2) is 11.6 Å². The van der Waals surface area contributed by atoms with E-state index in [0.717, 1.165) is 22.7 Å². The zero-order chi connectivity index (χ0) is 28.1. The standard InChI is InChI=1S/C14H8F2O2Se.C8H4F2O3.C6H5Se/c15-10-7-6-9-11(12(10)16)14(18-13(9)17)19-8-4-2-1-3-5-8;9-4-2-1-3-5(6(4)10)8(12)13-7(3)11;7-6-4-2-1-3-5-6/h1-7,14H;1-2,8,12H;1-5H. The van der Waals surface area contributed by atoms with E-state index in [-0.39, 0.29) is 31.6 Å². The van der Waals surface area contributed by atoms with Gasteiger partial charge in [-0.25, -0.2) is 13.6 Å². The van der Waals surface area contributed by atoms with Crippen molar-refractivity contribution in [3.8, 4) is 0 Å². The molecular weight excluding hydrogens is 650 g/mol. The monoisotopic (exact) mass is 669 g/mol. The number of cyclic esters (lactones) is 2. The Morgan fingerprint density at radius 2 is 1.15 bits per heavy atom. The number of aliphatic hydroxyl groups excluding tert-OH is 1. The van der Waals surface area contributed by atoms with Crippen molar-refractivity contribution in [3.63, 3.8) is 0 Å². The predicted octanol–water partition coefficient (Wildman–Crippen LogP) is 3.77. The van der Waals surface area contributed by atoms with Crippen LogP contribution < -0.4 is 8.92 Å². The molecule has 0 fully saturated rings. The van der Waals surface area contributed by atoms with Gasteiger partial charge in [0.25, 0.3) is 0 Å². The van der Waals surface area contributed by atoms with E-state index in [0.29, 0.717) is 0 Å². The van der Waals surface area contributed by atoms with Gasteiger partial charge < -0.3 is 9.84 Å². The molecule has 11 heteroatoms. The second-order valence-corrected chi connectivity index (χ2v) is 11.3. The number of rotatable bonds is 2. The molecule has 2 aliphatic rings. The van der Waals surface area contributed by atoms with E-state index in [1.807, 2.05) is 60.7 Å². The molecule has 0 saturated heterocycles. The second-order valence-electron chi connectivity index (χ2n) is 7.88. The molecule has 1 N–H and O–H groups in total. The van der Waals surface area contributed by atoms with Gasteiger partial charge in [-0.1, -0.05) is 0 Å². The molecule has 39 heavy (non-hydrogen) atoms. The Morgan fingerprint density at radius 3 is 1.69 bits per heavy atom. The number of halogens is 4. The van der Waals surface area contributed by atoms with Crippen molar-refractivity contribution < 1.29 is 41.7 Å². The maximum absolute atomic E-state index is 13.8. The molecule has 4 aromatic rings. The third-order valence-electron chi connectivity index (χ3n) is 5.35. The Labute approximate surface area is 234 Å². The van der Waals surface area contributed by atoms with Gasteiger partial charge in [0.1, 0.15) is 0 Å². The molecule has 2 atom stereocenters. The Hall–Kier alpha value is -3.46. The summed E-state index contributed by atoms with van der Waals surface area (Å²) in [5, 5.41) is 8.31. The van der Waals surface area contributed by atoms with Gasteiger partial charge >= 0.3 is 171 Å². The van der Waals surface area contributed by atoms with Gasteiger partial charge in [0.2, 0.25) is 6.29 Å². The summed E-state index contributed by atoms with van der Waals surface area (Å²) >= 11 is 2.61. The van der Waals surface area contributed by atoms with Crippen LogP contribution in [0.4, 0.5) is 17.6 Å². The Bertz CT molecular complexity index is 1500. The number of esters is 2. The summed E-state index contributed by atoms with van der Waals surface area (Å²) in [6.07, 6.45) is -1.70. The zero-order valence-corrected chi connectivity index (χ0v) is 23.1. The maximum atomic E-state index is 13.8. The normalized spacial score (nSPS) is 16.5. The molecule has 2 unspecified atom stereocenters. The topological polar surface area (TPSA) is 72.8 Å². The molecule has 0 saturated carbocycles. The molecule has 0 aliphatic carbocycles. The first kappa shape index (κ1) is 28.5. The van der Waals surface area contributed by atoms with Crippen molar-refractivity contribution in [2.45, 2.75) is 11.3 Å². The van der Waals surface area contributed by atoms with E-state index in [1.165, 1.54) is 10.5 Å². The first-order valence-electron chi connectivity index (χ1n) is 11.2. The first-order chi connectivity index (χ1) is 18.7. The number of hydrogen-bond acceptors (Lipinski definition) is 5. The van der Waals surface area contributed by atoms with Gasteiger partial charge in [-0.2, -0.15) is 0 Å². The summed E-state index contributed by atoms with van der Waals surface area (Å²) in [6, 6.07) is 23.5. The van der Waals surface area contributed by atoms with Crippen LogP contribution in [0.25, 0.3) is 0 Å². The molecule has 2 heterocycles. The van der Waals surface area contributed by atoms with E-state index in [9.17, 15) is 27.2 Å². The van der Waals surface area contributed by atoms with Crippen LogP contribution in [-0.4, -0.2) is 48.0 Å². The fourth-order valence-electron chi connectivity index (χ4n) is 3.53. The molecule has 0 amide bonds. The van der Waals surface area contributed by atoms with Crippen LogP contribution in [0.15, 0.2) is 84.9 Å². The number of fused-ring (bicyclic) bond motifs is 2. The predicted molar refractivity (Wildman–Crippen MR) is 135 cm³/mol. The van der Waals surface area contributed by atoms with Gasteiger partial charge in [-0.3, -0.25) is 0 Å². The quantitative estimate of drug-likeness (QED) is 0.201. The summed E-state index contributed by atoms with van der Waals surface area (Å²) in [5.74, 6) is -5.72. The number of benzene rings is 4. The van der Waals surface area contributed by atoms with E-state index >= 15 is 0 Å². The average molecular weight is 667 g/mol. The Kier molecular flexibility index (Phi) is 9.22. The molecule has 6 rings (SSSR count). The number of carbonyl (C=O) groups excluding carboxylic acids is 2. The van der Waals surface area contributed by atoms with Crippen LogP contribution in [-0.2, 0) is 9.47 Å². The third kappa shape index (κ3) is 6.58. The molecule has 0 spiro atoms. The SMILES string of the molecule is O=C1OC(O)c2c1ccc(F)c2F.O=C1OC([Se]c2ccccc2)c2c1ccc(F)c2F.[Se]c1ccccc1. The molecule has 0 bridgehead atoms. The van der Waals surface area contributed by atoms with E-state index in [2.05, 4.69) is 20.7 Å². The van der Waals surface area contributed by atoms with Crippen LogP contribution in [0, 0.1) is 23.3 Å². The first-order valence-corrected chi connectivity index (χ1v) is 13.9. The Morgan fingerprint density at radius 1 is 0.667 bits per heavy atom. The van der Waals surface area contributed by atoms with Crippen molar-refractivity contribution in [1.82, 2.24) is 0 Å². The van der Waals surface area contributed by atoms with E-state index in [4.69, 9.17) is 9.84 Å². The average Bonchev–Trinajstić information content (AvgIpc) is 3.40. The van der Waals surface area contributed by atoms with Crippen molar-refractivity contribution >= 4 is 51.8 Å². The second kappa shape index (κ2) is 12.6. The summed E-state index contributed by atoms with van der Waals surface area (Å²) in [7, 11) is 0. The summed E-state index contributed by atoms with van der Waals surface area (Å²) in [4.78, 5) is 22.5. The van der Waals surface area contributed by atoms with Crippen LogP contribution in [0.2, 0.25) is 0 Å². The molecular formula is C28H17F4O5Se2. The molecule has 2 aliphatic heterocycles. The summed E-state index contributed by atoms with van der Waals surface area (Å²) in [5.41, 5.74) is -0.382. The van der Waals surface area contributed by atoms with Gasteiger partial charge in [-0.05, 0) is 12.1 Å². The van der Waals surface area contributed by atoms with Gasteiger partial charge in [0, 0.05) is 0 Å². The van der Waals surface area contributed by atoms with Crippen molar-refractivity contribution in [2.75, 3.05) is 0 Å². The van der Waals surface area contributed by atoms with Gasteiger partial charge in [-0.15, -0.1) is 0 Å². The van der Waals surface area contributed by atoms with Crippen molar-refractivity contribution in [1.29, 1.82) is 0 Å². The van der Waals surface area contributed by atoms with Crippen molar-refractivity contribution in [2.24, 2.45) is 0 Å². The van der Waals surface area contributed by atoms with Crippen molar-refractivity contribution in [3.05, 3.63) is 130 Å². The number of ether oxygens (including phenoxy) is 2. The van der Waals surface area contributed by atoms with Crippen LogP contribution in [0.1, 0.15) is 43.1 Å². The third-order valence-corrected chi connectivity index (χ3v) is 8.21. The minimum absolute atomic E-state index is 0.0499. The molecule has 1 radical (unpaired) electrons. The number of hydrogen-bond donors (Lipinski definition) is 1. The molecule has 4 aromatic carbocycles. The Balaban J connectivity index is 0.000000152. The zero-order valence-electron chi connectivity index (χ0n) is 19.6. The summed E-state index contributed by atoms with van der Waals surface area (Å²) < 4.78 is 64.3. The van der Waals surface area contributed by atoms with Crippen LogP contribution >= 0.6 is 0 Å². The minimum atomic E-state index is -1.70. The molecule has 0 aromatic heterocycles. The fraction of sp³-hybridized carbons (Fsp3) is 0.0714. The van der Waals surface area contributed by atoms with Crippen LogP contribution in [0.5, 0.6) is 0 Å². The fourth-order valence-corrected chi connectivity index (χ4v) is 6.05. The summed E-state index contributed by atoms with van der Waals surface area (Å²) in [6.45, 7) is 0. The molecule has 199 valence electrons. The number of aliphatic hydroxyl groups is 1. The van der Waals surface area contributed by atoms with E-state index in [1.54, 1.807) is 0 Å². The van der Waals surface area contributed by atoms with Gasteiger partial charge in [0.05, 0.1) is 11.1 Å². The number of carbonyl (C=O) groups is 2. The van der Waals surface area contributed by atoms with E-state index < -0.39 is 52.1 Å².